The second-order valence-electron chi connectivity index (χ2n) is 8.35. The number of hydrogen-bond donors (Lipinski definition) is 0. The van der Waals surface area contributed by atoms with Crippen LogP contribution in [-0.4, -0.2) is 24.8 Å². The number of unbranched alkanes of at least 4 members (excludes halogenated alkanes) is 6. The Balaban J connectivity index is 2.15. The van der Waals surface area contributed by atoms with Gasteiger partial charge in [0.15, 0.2) is 0 Å². The van der Waals surface area contributed by atoms with Crippen molar-refractivity contribution in [2.45, 2.75) is 123 Å². The summed E-state index contributed by atoms with van der Waals surface area (Å²) in [6.45, 7) is 9.25. The minimum Gasteiger partial charge on any atom is -0.460 e. The average Bonchev–Trinajstić information content (AvgIpc) is 2.65. The third-order valence-electron chi connectivity index (χ3n) is 5.99. The number of rotatable bonds is 14. The van der Waals surface area contributed by atoms with Gasteiger partial charge in [-0.1, -0.05) is 65.2 Å². The molecule has 0 bridgehead atoms. The van der Waals surface area contributed by atoms with Crippen LogP contribution in [0.5, 0.6) is 0 Å². The zero-order valence-corrected chi connectivity index (χ0v) is 17.9. The van der Waals surface area contributed by atoms with Crippen molar-refractivity contribution in [1.82, 2.24) is 0 Å². The van der Waals surface area contributed by atoms with Crippen molar-refractivity contribution < 1.29 is 14.3 Å². The van der Waals surface area contributed by atoms with Crippen molar-refractivity contribution in [3.05, 3.63) is 0 Å². The zero-order chi connectivity index (χ0) is 19.2. The monoisotopic (exact) mass is 368 g/mol. The van der Waals surface area contributed by atoms with Gasteiger partial charge >= 0.3 is 5.97 Å². The van der Waals surface area contributed by atoms with Crippen LogP contribution >= 0.6 is 0 Å². The van der Waals surface area contributed by atoms with Crippen LogP contribution in [0.2, 0.25) is 0 Å². The molecule has 1 fully saturated rings. The van der Waals surface area contributed by atoms with Gasteiger partial charge in [-0.15, -0.1) is 0 Å². The summed E-state index contributed by atoms with van der Waals surface area (Å²) in [6, 6.07) is 0. The van der Waals surface area contributed by atoms with Crippen LogP contribution in [0.3, 0.4) is 0 Å². The average molecular weight is 369 g/mol. The molecule has 0 spiro atoms. The Hall–Kier alpha value is -0.570. The molecule has 0 radical (unpaired) electrons. The van der Waals surface area contributed by atoms with E-state index in [2.05, 4.69) is 13.8 Å². The van der Waals surface area contributed by atoms with Gasteiger partial charge in [0.1, 0.15) is 6.10 Å². The summed E-state index contributed by atoms with van der Waals surface area (Å²) < 4.78 is 11.6. The molecule has 26 heavy (non-hydrogen) atoms. The summed E-state index contributed by atoms with van der Waals surface area (Å²) in [5.41, 5.74) is 0. The maximum absolute atomic E-state index is 12.5. The van der Waals surface area contributed by atoms with E-state index in [1.807, 2.05) is 13.8 Å². The highest BCUT2D eigenvalue weighted by atomic mass is 16.6. The van der Waals surface area contributed by atoms with E-state index in [0.717, 1.165) is 31.8 Å². The lowest BCUT2D eigenvalue weighted by Gasteiger charge is -2.29. The number of ether oxygens (including phenoxy) is 2. The summed E-state index contributed by atoms with van der Waals surface area (Å²) in [6.07, 6.45) is 15.8. The van der Waals surface area contributed by atoms with E-state index in [1.165, 1.54) is 64.2 Å². The van der Waals surface area contributed by atoms with E-state index in [9.17, 15) is 4.79 Å². The molecule has 154 valence electrons. The molecule has 3 heteroatoms. The van der Waals surface area contributed by atoms with Gasteiger partial charge < -0.3 is 9.47 Å². The van der Waals surface area contributed by atoms with Crippen molar-refractivity contribution in [2.75, 3.05) is 6.61 Å². The molecule has 1 rings (SSSR count). The van der Waals surface area contributed by atoms with Crippen LogP contribution in [-0.2, 0) is 14.3 Å². The Bertz CT molecular complexity index is 347. The lowest BCUT2D eigenvalue weighted by Crippen LogP contribution is -2.33. The molecule has 3 nitrogen and oxygen atoms in total. The Morgan fingerprint density at radius 2 is 1.46 bits per heavy atom. The topological polar surface area (TPSA) is 35.5 Å². The second-order valence-corrected chi connectivity index (χ2v) is 8.35. The van der Waals surface area contributed by atoms with E-state index in [0.29, 0.717) is 0 Å². The summed E-state index contributed by atoms with van der Waals surface area (Å²) in [5, 5.41) is 0. The first-order chi connectivity index (χ1) is 12.6. The van der Waals surface area contributed by atoms with Gasteiger partial charge in [-0.3, -0.25) is 4.79 Å². The molecule has 0 N–H and O–H groups in total. The third kappa shape index (κ3) is 9.94. The number of esters is 1. The Labute approximate surface area is 162 Å². The number of carbonyl (C=O) groups is 1. The van der Waals surface area contributed by atoms with Crippen LogP contribution in [0, 0.1) is 11.8 Å². The molecule has 1 saturated carbocycles. The first-order valence-corrected chi connectivity index (χ1v) is 11.4. The lowest BCUT2D eigenvalue weighted by atomic mass is 9.80. The van der Waals surface area contributed by atoms with Crippen molar-refractivity contribution in [1.29, 1.82) is 0 Å². The second kappa shape index (κ2) is 14.5. The van der Waals surface area contributed by atoms with Crippen molar-refractivity contribution in [3.8, 4) is 0 Å². The van der Waals surface area contributed by atoms with Crippen molar-refractivity contribution in [3.63, 3.8) is 0 Å². The fourth-order valence-electron chi connectivity index (χ4n) is 3.86. The molecule has 2 atom stereocenters. The fraction of sp³-hybridized carbons (Fsp3) is 0.957. The van der Waals surface area contributed by atoms with Gasteiger partial charge in [0.05, 0.1) is 12.0 Å². The Morgan fingerprint density at radius 1 is 0.846 bits per heavy atom. The van der Waals surface area contributed by atoms with Gasteiger partial charge in [-0.25, -0.2) is 0 Å². The SMILES string of the molecule is CCCCCCCOC(C)C(C)OC(=O)[C@H]1CC[C@H](CCCCC)CC1. The molecule has 1 aliphatic rings. The summed E-state index contributed by atoms with van der Waals surface area (Å²) in [5.74, 6) is 0.946. The van der Waals surface area contributed by atoms with E-state index < -0.39 is 0 Å². The van der Waals surface area contributed by atoms with Crippen molar-refractivity contribution >= 4 is 5.97 Å². The molecule has 0 aromatic heterocycles. The molecule has 0 saturated heterocycles. The molecule has 2 unspecified atom stereocenters. The fourth-order valence-corrected chi connectivity index (χ4v) is 3.86. The van der Waals surface area contributed by atoms with Crippen LogP contribution in [0.25, 0.3) is 0 Å². The predicted octanol–water partition coefficient (Wildman–Crippen LogP) is 6.68. The highest BCUT2D eigenvalue weighted by molar-refractivity contribution is 5.72. The van der Waals surface area contributed by atoms with Gasteiger partial charge in [0.25, 0.3) is 0 Å². The van der Waals surface area contributed by atoms with Gasteiger partial charge in [0.2, 0.25) is 0 Å². The molecular formula is C23H44O3. The van der Waals surface area contributed by atoms with Gasteiger partial charge in [-0.2, -0.15) is 0 Å². The molecule has 0 amide bonds. The van der Waals surface area contributed by atoms with Crippen LogP contribution in [0.15, 0.2) is 0 Å². The standard InChI is InChI=1S/C23H44O3/c1-5-7-9-10-12-18-25-19(3)20(4)26-23(24)22-16-14-21(15-17-22)13-11-8-6-2/h19-22H,5-18H2,1-4H3/t19?,20?,21-,22-. The minimum absolute atomic E-state index is 0.00269. The van der Waals surface area contributed by atoms with Gasteiger partial charge in [-0.05, 0) is 51.9 Å². The Kier molecular flexibility index (Phi) is 13.1. The van der Waals surface area contributed by atoms with E-state index in [4.69, 9.17) is 9.47 Å². The van der Waals surface area contributed by atoms with Crippen LogP contribution < -0.4 is 0 Å². The minimum atomic E-state index is -0.152. The molecule has 1 aliphatic carbocycles. The van der Waals surface area contributed by atoms with Gasteiger partial charge in [0, 0.05) is 6.61 Å². The third-order valence-corrected chi connectivity index (χ3v) is 5.99. The maximum Gasteiger partial charge on any atom is 0.309 e. The van der Waals surface area contributed by atoms with Crippen LogP contribution in [0.1, 0.15) is 111 Å². The Morgan fingerprint density at radius 3 is 2.12 bits per heavy atom. The predicted molar refractivity (Wildman–Crippen MR) is 109 cm³/mol. The summed E-state index contributed by atoms with van der Waals surface area (Å²) in [4.78, 5) is 12.5. The quantitative estimate of drug-likeness (QED) is 0.253. The molecular weight excluding hydrogens is 324 g/mol. The first kappa shape index (κ1) is 23.5. The summed E-state index contributed by atoms with van der Waals surface area (Å²) in [7, 11) is 0. The van der Waals surface area contributed by atoms with Crippen molar-refractivity contribution in [2.24, 2.45) is 11.8 Å². The number of hydrogen-bond acceptors (Lipinski definition) is 3. The molecule has 0 heterocycles. The number of carbonyl (C=O) groups excluding carboxylic acids is 1. The van der Waals surface area contributed by atoms with Crippen LogP contribution in [0.4, 0.5) is 0 Å². The van der Waals surface area contributed by atoms with E-state index in [-0.39, 0.29) is 24.1 Å². The molecule has 0 aliphatic heterocycles. The highest BCUT2D eigenvalue weighted by Gasteiger charge is 2.29. The first-order valence-electron chi connectivity index (χ1n) is 11.4. The normalized spacial score (nSPS) is 22.8. The largest absolute Gasteiger partial charge is 0.460 e. The molecule has 0 aromatic carbocycles. The van der Waals surface area contributed by atoms with E-state index >= 15 is 0 Å². The molecule has 0 aromatic rings. The smallest absolute Gasteiger partial charge is 0.309 e. The summed E-state index contributed by atoms with van der Waals surface area (Å²) >= 11 is 0. The highest BCUT2D eigenvalue weighted by Crippen LogP contribution is 2.33. The maximum atomic E-state index is 12.5. The van der Waals surface area contributed by atoms with E-state index in [1.54, 1.807) is 0 Å². The zero-order valence-electron chi connectivity index (χ0n) is 17.9. The lowest BCUT2D eigenvalue weighted by molar-refractivity contribution is -0.161.